The van der Waals surface area contributed by atoms with E-state index in [1.165, 1.54) is 95.4 Å². The van der Waals surface area contributed by atoms with Crippen LogP contribution in [0.3, 0.4) is 0 Å². The molecule has 30 nitrogen and oxygen atoms in total. The van der Waals surface area contributed by atoms with Gasteiger partial charge in [-0.3, -0.25) is 39.3 Å². The Labute approximate surface area is 756 Å². The average molecular weight is 1860 g/mol. The van der Waals surface area contributed by atoms with Crippen LogP contribution in [0.4, 0.5) is 48.3 Å². The summed E-state index contributed by atoms with van der Waals surface area (Å²) in [5.74, 6) is -4.61. The minimum Gasteiger partial charge on any atom is -0.499 e. The molecule has 1 fully saturated rings. The summed E-state index contributed by atoms with van der Waals surface area (Å²) in [6.45, 7) is 0.930. The summed E-state index contributed by atoms with van der Waals surface area (Å²) in [5, 5.41) is 29.6. The van der Waals surface area contributed by atoms with Gasteiger partial charge in [0.05, 0.1) is 51.7 Å². The van der Waals surface area contributed by atoms with Gasteiger partial charge in [0.1, 0.15) is 62.9 Å². The summed E-state index contributed by atoms with van der Waals surface area (Å²) in [4.78, 5) is 94.7. The first-order valence-corrected chi connectivity index (χ1v) is 39.8. The van der Waals surface area contributed by atoms with Gasteiger partial charge in [-0.2, -0.15) is 69.4 Å². The van der Waals surface area contributed by atoms with Crippen LogP contribution in [0.15, 0.2) is 288 Å². The fourth-order valence-electron chi connectivity index (χ4n) is 12.2. The highest BCUT2D eigenvalue weighted by Gasteiger charge is 2.44. The second-order valence-corrected chi connectivity index (χ2v) is 28.4. The van der Waals surface area contributed by atoms with Crippen molar-refractivity contribution in [1.29, 1.82) is 0 Å². The van der Waals surface area contributed by atoms with Crippen LogP contribution >= 0.6 is 0 Å². The highest BCUT2D eigenvalue weighted by Crippen LogP contribution is 2.49. The number of nitrogens with one attached hydrogen (secondary N) is 3. The Kier molecular flexibility index (Phi) is 29.8. The van der Waals surface area contributed by atoms with Crippen molar-refractivity contribution < 1.29 is 106 Å². The molecule has 41 heteroatoms. The summed E-state index contributed by atoms with van der Waals surface area (Å²) >= 11 is 0. The molecule has 17 rings (SSSR count). The van der Waals surface area contributed by atoms with Crippen LogP contribution in [0.2, 0.25) is 0 Å². The van der Waals surface area contributed by atoms with Crippen LogP contribution in [0.5, 0.6) is 92.8 Å². The van der Waals surface area contributed by atoms with Gasteiger partial charge in [-0.1, -0.05) is 103 Å². The zero-order valence-electron chi connectivity index (χ0n) is 70.9. The summed E-state index contributed by atoms with van der Waals surface area (Å²) in [5.41, 5.74) is -0.469. The number of rotatable bonds is 23. The fourth-order valence-corrected chi connectivity index (χ4v) is 12.2. The summed E-state index contributed by atoms with van der Waals surface area (Å²) in [6, 6.07) is 60.6. The Balaban J connectivity index is 0.000000143. The van der Waals surface area contributed by atoms with Crippen LogP contribution in [-0.2, 0) is 29.9 Å². The average Bonchev–Trinajstić information content (AvgIpc) is 1.63. The molecule has 1 saturated carbocycles. The zero-order valence-corrected chi connectivity index (χ0v) is 70.9. The smallest absolute Gasteiger partial charge is 0.416 e. The van der Waals surface area contributed by atoms with E-state index in [1.54, 1.807) is 110 Å². The van der Waals surface area contributed by atoms with E-state index in [9.17, 15) is 78.0 Å². The van der Waals surface area contributed by atoms with Gasteiger partial charge in [-0.05, 0) is 158 Å². The number of methoxy groups -OCH3 is 4. The molecule has 0 saturated heterocycles. The molecule has 135 heavy (non-hydrogen) atoms. The van der Waals surface area contributed by atoms with Gasteiger partial charge >= 0.3 is 18.5 Å². The molecule has 1 aliphatic carbocycles. The maximum atomic E-state index is 13.5. The van der Waals surface area contributed by atoms with E-state index in [-0.39, 0.29) is 116 Å². The van der Waals surface area contributed by atoms with Crippen molar-refractivity contribution in [3.8, 4) is 162 Å². The molecule has 0 unspecified atom stereocenters. The van der Waals surface area contributed by atoms with Gasteiger partial charge in [-0.15, -0.1) is 0 Å². The summed E-state index contributed by atoms with van der Waals surface area (Å²) in [6.07, 6.45) is -3.85. The molecule has 0 bridgehead atoms. The summed E-state index contributed by atoms with van der Waals surface area (Å²) in [7, 11) is 5.29. The van der Waals surface area contributed by atoms with Gasteiger partial charge in [0.25, 0.3) is 57.9 Å². The van der Waals surface area contributed by atoms with Crippen LogP contribution in [0.25, 0.3) is 68.8 Å². The van der Waals surface area contributed by atoms with E-state index < -0.39 is 69.6 Å². The maximum absolute atomic E-state index is 13.5. The van der Waals surface area contributed by atoms with Crippen molar-refractivity contribution in [2.45, 2.75) is 49.6 Å². The number of halogens is 11. The number of nitrogens with zero attached hydrogens (tertiary/aromatic N) is 12. The van der Waals surface area contributed by atoms with E-state index in [4.69, 9.17) is 47.6 Å². The molecule has 6 N–H and O–H groups in total. The van der Waals surface area contributed by atoms with Crippen molar-refractivity contribution >= 4 is 0 Å². The Morgan fingerprint density at radius 3 is 1.08 bits per heavy atom. The highest BCUT2D eigenvalue weighted by molar-refractivity contribution is 5.70. The number of para-hydroxylation sites is 1. The van der Waals surface area contributed by atoms with Gasteiger partial charge in [0.15, 0.2) is 29.1 Å². The first-order chi connectivity index (χ1) is 64.7. The number of hydrogen-bond acceptors (Lipinski definition) is 27. The van der Waals surface area contributed by atoms with E-state index >= 15 is 0 Å². The van der Waals surface area contributed by atoms with E-state index in [0.29, 0.717) is 45.7 Å². The molecular formula is C94H72F11N15O15. The predicted octanol–water partition coefficient (Wildman–Crippen LogP) is 19.8. The van der Waals surface area contributed by atoms with Crippen LogP contribution in [0, 0.1) is 0 Å². The molecule has 1 aliphatic rings. The van der Waals surface area contributed by atoms with E-state index in [1.807, 2.05) is 54.6 Å². The minimum atomic E-state index is -4.55. The number of aromatic nitrogens is 15. The van der Waals surface area contributed by atoms with Crippen molar-refractivity contribution in [1.82, 2.24) is 74.8 Å². The monoisotopic (exact) mass is 1860 g/mol. The second kappa shape index (κ2) is 42.2. The molecular weight excluding hydrogens is 1790 g/mol. The van der Waals surface area contributed by atoms with Crippen molar-refractivity contribution in [2.75, 3.05) is 35.0 Å². The number of ether oxygens (including phenoxy) is 9. The third kappa shape index (κ3) is 24.5. The third-order valence-electron chi connectivity index (χ3n) is 19.1. The Morgan fingerprint density at radius 1 is 0.333 bits per heavy atom. The fraction of sp³-hybridized carbons (Fsp3) is 0.138. The maximum Gasteiger partial charge on any atom is 0.416 e. The first kappa shape index (κ1) is 95.4. The Hall–Kier alpha value is -17.1. The molecule has 0 radical (unpaired) electrons. The van der Waals surface area contributed by atoms with Crippen molar-refractivity contribution in [2.24, 2.45) is 0 Å². The molecule has 0 atom stereocenters. The lowest BCUT2D eigenvalue weighted by atomic mass is 9.95. The van der Waals surface area contributed by atoms with E-state index in [2.05, 4.69) is 69.8 Å². The lowest BCUT2D eigenvalue weighted by Crippen LogP contribution is -2.14. The Morgan fingerprint density at radius 2 is 0.681 bits per heavy atom. The second-order valence-electron chi connectivity index (χ2n) is 28.4. The van der Waals surface area contributed by atoms with Gasteiger partial charge in [0.2, 0.25) is 28.7 Å². The summed E-state index contributed by atoms with van der Waals surface area (Å²) < 4.78 is 191. The molecule has 0 spiro atoms. The standard InChI is InChI=1S/C25H21N3O3.C18H14F3N3O3.C18H15F2N3O3.C17H12F3N3O3.C16H10F3N3O3/c29-16-25(13-14-25)18-11-9-17(10-12-18)21-22(31-19-6-2-1-3-7-19)24(30)28-23(27-21)20-8-4-5-15-26-20;1-25-14-16(26-2)23-15(13-8-3-4-9-22-13)24-17(14)27-12-7-5-6-11(10-12)18(19,20)21;1-18(19,20)11-6-5-7-12(10-11)26-17-14(25-2)16(24)22-15(23-17)13-8-3-4-9-21-13;1-25-15-13(24)16(23-14(22-15)12-7-2-3-8-21-12)26-11-6-4-5-10(9-11)17(18,19)20;17-16(18,19)9-4-3-5-10(8-9)25-15-12(23)14(24)21-13(22-15)11-6-1-2-7-20-11/h1-12,15,29H,13-14,16H2,(H,27,28,30);3-10H,1-2H3;3-10H,1-2H3,(H,22,23,24);2-9,24H,1H3;1-8,23H,(H,21,22,24). The van der Waals surface area contributed by atoms with Gasteiger partial charge in [-0.25, -0.2) is 13.8 Å². The molecule has 10 heterocycles. The predicted molar refractivity (Wildman–Crippen MR) is 465 cm³/mol. The number of aromatic hydroxyl groups is 2. The van der Waals surface area contributed by atoms with Crippen molar-refractivity contribution in [3.05, 3.63) is 333 Å². The molecule has 690 valence electrons. The van der Waals surface area contributed by atoms with Crippen LogP contribution in [-0.4, -0.2) is 125 Å². The number of hydrogen-bond donors (Lipinski definition) is 6. The van der Waals surface area contributed by atoms with Crippen LogP contribution < -0.4 is 59.3 Å². The van der Waals surface area contributed by atoms with Gasteiger partial charge in [0, 0.05) is 54.4 Å². The lowest BCUT2D eigenvalue weighted by Gasteiger charge is -2.14. The van der Waals surface area contributed by atoms with Gasteiger partial charge < -0.3 is 72.9 Å². The number of pyridine rings is 5. The number of aromatic amines is 3. The highest BCUT2D eigenvalue weighted by atomic mass is 19.4. The normalized spacial score (nSPS) is 11.9. The topological polar surface area (TPSA) is 397 Å². The number of H-pyrrole nitrogens is 3. The first-order valence-electron chi connectivity index (χ1n) is 39.8. The number of alkyl halides is 11. The number of aliphatic hydroxyl groups excluding tert-OH is 1. The minimum absolute atomic E-state index is 0.00498. The van der Waals surface area contributed by atoms with E-state index in [0.717, 1.165) is 73.4 Å². The quantitative estimate of drug-likeness (QED) is 0.0324. The molecule has 0 aliphatic heterocycles. The SMILES string of the molecule is COc1c(Oc2cccc(C(C)(F)F)c2)nc(-c2ccccn2)[nH]c1=O.COc1nc(-c2ccccn2)nc(Oc2cccc(C(F)(F)F)c2)c1O.COc1nc(-c2ccccn2)nc(Oc2cccc(C(F)(F)F)c2)c1OC.O=c1[nH]c(-c2ccccn2)nc(-c2ccc(C3(CO)CC3)cc2)c1Oc1ccccc1.O=c1[nH]c(-c2ccccn2)nc(Oc2cccc(C(F)(F)F)c2)c1O. The Bertz CT molecular complexity index is 6950. The lowest BCUT2D eigenvalue weighted by molar-refractivity contribution is -0.138. The molecule has 6 aromatic carbocycles. The van der Waals surface area contributed by atoms with Crippen LogP contribution in [0.1, 0.15) is 47.6 Å². The third-order valence-corrected chi connectivity index (χ3v) is 19.1. The largest absolute Gasteiger partial charge is 0.499 e. The molecule has 10 aromatic heterocycles. The molecule has 0 amide bonds. The number of aliphatic hydroxyl groups is 1. The zero-order chi connectivity index (χ0) is 96.2. The number of benzene rings is 6. The van der Waals surface area contributed by atoms with Crippen molar-refractivity contribution in [3.63, 3.8) is 0 Å². The molecule has 16 aromatic rings.